The first-order valence-electron chi connectivity index (χ1n) is 7.98. The third-order valence-corrected chi connectivity index (χ3v) is 3.61. The molecule has 1 aliphatic heterocycles. The van der Waals surface area contributed by atoms with Crippen LogP contribution in [-0.2, 0) is 20.6 Å². The van der Waals surface area contributed by atoms with Crippen LogP contribution in [-0.4, -0.2) is 49.9 Å². The highest BCUT2D eigenvalue weighted by Crippen LogP contribution is 2.32. The van der Waals surface area contributed by atoms with Gasteiger partial charge in [-0.2, -0.15) is 0 Å². The maximum Gasteiger partial charge on any atom is 0.511 e. The van der Waals surface area contributed by atoms with Gasteiger partial charge in [-0.1, -0.05) is 6.07 Å². The van der Waals surface area contributed by atoms with E-state index in [9.17, 15) is 9.59 Å². The largest absolute Gasteiger partial charge is 0.511 e. The van der Waals surface area contributed by atoms with Gasteiger partial charge in [0.2, 0.25) is 13.6 Å². The molecule has 0 N–H and O–H groups in total. The summed E-state index contributed by atoms with van der Waals surface area (Å²) >= 11 is 0. The van der Waals surface area contributed by atoms with E-state index in [1.54, 1.807) is 20.9 Å². The molecule has 8 heteroatoms. The molecular weight excluding hydrogens is 330 g/mol. The first-order valence-corrected chi connectivity index (χ1v) is 7.98. The summed E-state index contributed by atoms with van der Waals surface area (Å²) in [5.74, 6) is 1.42. The monoisotopic (exact) mass is 353 g/mol. The molecule has 1 unspecified atom stereocenters. The zero-order chi connectivity index (χ0) is 18.4. The van der Waals surface area contributed by atoms with Gasteiger partial charge in [0.15, 0.2) is 11.5 Å². The molecule has 0 radical (unpaired) electrons. The summed E-state index contributed by atoms with van der Waals surface area (Å²) in [5.41, 5.74) is 1.01. The molecular formula is C17H23NO7. The van der Waals surface area contributed by atoms with Crippen LogP contribution in [0.5, 0.6) is 11.5 Å². The number of amides is 1. The van der Waals surface area contributed by atoms with E-state index >= 15 is 0 Å². The molecule has 0 bridgehead atoms. The highest BCUT2D eigenvalue weighted by molar-refractivity contribution is 5.68. The Morgan fingerprint density at radius 2 is 1.88 bits per heavy atom. The lowest BCUT2D eigenvalue weighted by atomic mass is 10.1. The van der Waals surface area contributed by atoms with Crippen LogP contribution >= 0.6 is 0 Å². The second-order valence-electron chi connectivity index (χ2n) is 5.94. The number of hydrogen-bond acceptors (Lipinski definition) is 7. The fourth-order valence-corrected chi connectivity index (χ4v) is 2.18. The molecule has 0 aromatic heterocycles. The smallest absolute Gasteiger partial charge is 0.454 e. The Morgan fingerprint density at radius 3 is 2.60 bits per heavy atom. The molecule has 0 fully saturated rings. The maximum absolute atomic E-state index is 12.0. The van der Waals surface area contributed by atoms with Gasteiger partial charge in [0.25, 0.3) is 0 Å². The number of hydrogen-bond donors (Lipinski definition) is 0. The average Bonchev–Trinajstić information content (AvgIpc) is 3.00. The number of rotatable bonds is 6. The number of fused-ring (bicyclic) bond motifs is 1. The van der Waals surface area contributed by atoms with E-state index in [1.165, 1.54) is 4.90 Å². The van der Waals surface area contributed by atoms with Crippen molar-refractivity contribution in [1.29, 1.82) is 0 Å². The third-order valence-electron chi connectivity index (χ3n) is 3.61. The van der Waals surface area contributed by atoms with Gasteiger partial charge in [-0.25, -0.2) is 9.59 Å². The van der Waals surface area contributed by atoms with Crippen LogP contribution in [0.25, 0.3) is 0 Å². The van der Waals surface area contributed by atoms with E-state index in [2.05, 4.69) is 4.74 Å². The minimum atomic E-state index is -0.876. The standard InChI is InChI=1S/C17H23NO7/c1-11(2)25-17(20)24-10-23-16(19)18(4)12(3)7-13-5-6-14-15(8-13)22-9-21-14/h5-6,8,11-12H,7,9-10H2,1-4H3. The van der Waals surface area contributed by atoms with E-state index in [1.807, 2.05) is 25.1 Å². The Labute approximate surface area is 146 Å². The third kappa shape index (κ3) is 5.44. The fourth-order valence-electron chi connectivity index (χ4n) is 2.18. The van der Waals surface area contributed by atoms with Crippen molar-refractivity contribution in [3.8, 4) is 11.5 Å². The van der Waals surface area contributed by atoms with Gasteiger partial charge in [0.05, 0.1) is 6.10 Å². The zero-order valence-electron chi connectivity index (χ0n) is 14.8. The molecule has 138 valence electrons. The Hall–Kier alpha value is -2.64. The minimum Gasteiger partial charge on any atom is -0.454 e. The lowest BCUT2D eigenvalue weighted by Crippen LogP contribution is -2.37. The summed E-state index contributed by atoms with van der Waals surface area (Å²) in [4.78, 5) is 24.6. The van der Waals surface area contributed by atoms with Crippen molar-refractivity contribution in [2.24, 2.45) is 0 Å². The van der Waals surface area contributed by atoms with Crippen molar-refractivity contribution in [2.75, 3.05) is 20.6 Å². The van der Waals surface area contributed by atoms with E-state index in [4.69, 9.17) is 18.9 Å². The van der Waals surface area contributed by atoms with Gasteiger partial charge in [0.1, 0.15) is 0 Å². The molecule has 25 heavy (non-hydrogen) atoms. The van der Waals surface area contributed by atoms with Crippen molar-refractivity contribution in [3.05, 3.63) is 23.8 Å². The van der Waals surface area contributed by atoms with Crippen LogP contribution in [0.4, 0.5) is 9.59 Å². The van der Waals surface area contributed by atoms with Crippen molar-refractivity contribution in [2.45, 2.75) is 39.3 Å². The molecule has 1 aromatic carbocycles. The van der Waals surface area contributed by atoms with Crippen LogP contribution in [0.1, 0.15) is 26.3 Å². The zero-order valence-corrected chi connectivity index (χ0v) is 14.8. The number of carbonyl (C=O) groups excluding carboxylic acids is 2. The molecule has 1 heterocycles. The molecule has 1 aromatic rings. The van der Waals surface area contributed by atoms with Gasteiger partial charge in [0, 0.05) is 13.1 Å². The molecule has 0 saturated heterocycles. The molecule has 2 rings (SSSR count). The van der Waals surface area contributed by atoms with Gasteiger partial charge >= 0.3 is 12.2 Å². The van der Waals surface area contributed by atoms with Gasteiger partial charge in [-0.05, 0) is 44.9 Å². The summed E-state index contributed by atoms with van der Waals surface area (Å²) in [6.07, 6.45) is -1.16. The van der Waals surface area contributed by atoms with Gasteiger partial charge < -0.3 is 28.6 Å². The maximum atomic E-state index is 12.0. The quantitative estimate of drug-likeness (QED) is 0.574. The number of ether oxygens (including phenoxy) is 5. The van der Waals surface area contributed by atoms with Crippen molar-refractivity contribution in [1.82, 2.24) is 4.90 Å². The number of carbonyl (C=O) groups is 2. The second-order valence-corrected chi connectivity index (χ2v) is 5.94. The average molecular weight is 353 g/mol. The summed E-state index contributed by atoms with van der Waals surface area (Å²) in [6.45, 7) is 5.00. The van der Waals surface area contributed by atoms with Crippen LogP contribution in [0.2, 0.25) is 0 Å². The SMILES string of the molecule is CC(C)OC(=O)OCOC(=O)N(C)C(C)Cc1ccc2c(c1)OCO2. The Balaban J connectivity index is 1.77. The number of nitrogens with zero attached hydrogens (tertiary/aromatic N) is 1. The molecule has 1 amide bonds. The fraction of sp³-hybridized carbons (Fsp3) is 0.529. The van der Waals surface area contributed by atoms with E-state index in [0.717, 1.165) is 11.3 Å². The lowest BCUT2D eigenvalue weighted by molar-refractivity contribution is -0.0326. The number of benzene rings is 1. The summed E-state index contributed by atoms with van der Waals surface area (Å²) in [7, 11) is 1.62. The van der Waals surface area contributed by atoms with Crippen LogP contribution in [0, 0.1) is 0 Å². The minimum absolute atomic E-state index is 0.129. The van der Waals surface area contributed by atoms with E-state index in [0.29, 0.717) is 12.2 Å². The summed E-state index contributed by atoms with van der Waals surface area (Å²) in [6, 6.07) is 5.53. The van der Waals surface area contributed by atoms with Gasteiger partial charge in [-0.15, -0.1) is 0 Å². The topological polar surface area (TPSA) is 83.5 Å². The second kappa shape index (κ2) is 8.46. The summed E-state index contributed by atoms with van der Waals surface area (Å²) in [5, 5.41) is 0. The highest BCUT2D eigenvalue weighted by Gasteiger charge is 2.20. The molecule has 1 aliphatic rings. The predicted molar refractivity (Wildman–Crippen MR) is 87.5 cm³/mol. The van der Waals surface area contributed by atoms with Crippen molar-refractivity contribution < 1.29 is 33.3 Å². The van der Waals surface area contributed by atoms with Crippen LogP contribution in [0.3, 0.4) is 0 Å². The number of likely N-dealkylation sites (N-methyl/N-ethyl adjacent to an activating group) is 1. The normalized spacial score (nSPS) is 13.3. The summed E-state index contributed by atoms with van der Waals surface area (Å²) < 4.78 is 25.0. The Kier molecular flexibility index (Phi) is 6.32. The Morgan fingerprint density at radius 1 is 1.16 bits per heavy atom. The molecule has 8 nitrogen and oxygen atoms in total. The van der Waals surface area contributed by atoms with Crippen LogP contribution in [0.15, 0.2) is 18.2 Å². The first kappa shape index (κ1) is 18.7. The van der Waals surface area contributed by atoms with Crippen molar-refractivity contribution in [3.63, 3.8) is 0 Å². The Bertz CT molecular complexity index is 617. The molecule has 0 saturated carbocycles. The van der Waals surface area contributed by atoms with Gasteiger partial charge in [-0.3, -0.25) is 0 Å². The van der Waals surface area contributed by atoms with E-state index < -0.39 is 19.0 Å². The van der Waals surface area contributed by atoms with E-state index in [-0.39, 0.29) is 18.9 Å². The lowest BCUT2D eigenvalue weighted by Gasteiger charge is -2.24. The van der Waals surface area contributed by atoms with Crippen molar-refractivity contribution >= 4 is 12.2 Å². The molecule has 1 atom stereocenters. The van der Waals surface area contributed by atoms with Crippen LogP contribution < -0.4 is 9.47 Å². The predicted octanol–water partition coefficient (Wildman–Crippen LogP) is 2.93. The molecule has 0 spiro atoms. The first-order chi connectivity index (χ1) is 11.9. The highest BCUT2D eigenvalue weighted by atomic mass is 16.8. The molecule has 0 aliphatic carbocycles.